The van der Waals surface area contributed by atoms with E-state index in [1.54, 1.807) is 12.5 Å². The van der Waals surface area contributed by atoms with Crippen LogP contribution in [0, 0.1) is 11.5 Å². The van der Waals surface area contributed by atoms with Crippen LogP contribution < -0.4 is 4.74 Å². The Kier molecular flexibility index (Phi) is 3.57. The van der Waals surface area contributed by atoms with Gasteiger partial charge in [0.15, 0.2) is 0 Å². The summed E-state index contributed by atoms with van der Waals surface area (Å²) in [4.78, 5) is 4.35. The first-order valence-corrected chi connectivity index (χ1v) is 6.70. The van der Waals surface area contributed by atoms with E-state index in [2.05, 4.69) is 11.6 Å². The van der Waals surface area contributed by atoms with E-state index in [9.17, 15) is 0 Å². The topological polar surface area (TPSA) is 55.1 Å². The van der Waals surface area contributed by atoms with Crippen LogP contribution in [0.3, 0.4) is 0 Å². The van der Waals surface area contributed by atoms with Crippen molar-refractivity contribution in [3.8, 4) is 12.0 Å². The Bertz CT molecular complexity index is 732. The summed E-state index contributed by atoms with van der Waals surface area (Å²) in [7, 11) is 0. The number of aromatic nitrogens is 1. The van der Waals surface area contributed by atoms with E-state index in [-0.39, 0.29) is 0 Å². The molecule has 0 saturated heterocycles. The summed E-state index contributed by atoms with van der Waals surface area (Å²) < 4.78 is 10.6. The predicted octanol–water partition coefficient (Wildman–Crippen LogP) is 3.08. The standard InChI is InChI=1S/C17H14N2O2/c1-12-14-3-2-7-19-16(14)10-21-17-5-4-13(9-15(12)17)6-8-20-11-18/h2-5,7,9H,1,6,8,10H2. The second kappa shape index (κ2) is 5.68. The third-order valence-electron chi connectivity index (χ3n) is 3.51. The first-order chi connectivity index (χ1) is 10.3. The molecule has 0 saturated carbocycles. The van der Waals surface area contributed by atoms with E-state index in [4.69, 9.17) is 14.7 Å². The molecule has 4 nitrogen and oxygen atoms in total. The molecule has 0 amide bonds. The van der Waals surface area contributed by atoms with Crippen LogP contribution in [0.4, 0.5) is 0 Å². The Morgan fingerprint density at radius 1 is 1.33 bits per heavy atom. The molecule has 1 aliphatic heterocycles. The Hall–Kier alpha value is -2.80. The molecule has 21 heavy (non-hydrogen) atoms. The molecule has 4 heteroatoms. The molecule has 1 aromatic heterocycles. The van der Waals surface area contributed by atoms with Gasteiger partial charge in [0.2, 0.25) is 0 Å². The Balaban J connectivity index is 1.95. The highest BCUT2D eigenvalue weighted by Crippen LogP contribution is 2.35. The Morgan fingerprint density at radius 2 is 2.24 bits per heavy atom. The van der Waals surface area contributed by atoms with Crippen LogP contribution in [0.15, 0.2) is 43.1 Å². The number of rotatable bonds is 3. The molecule has 0 aliphatic carbocycles. The first-order valence-electron chi connectivity index (χ1n) is 6.70. The molecule has 3 rings (SSSR count). The van der Waals surface area contributed by atoms with E-state index >= 15 is 0 Å². The molecule has 104 valence electrons. The summed E-state index contributed by atoms with van der Waals surface area (Å²) >= 11 is 0. The van der Waals surface area contributed by atoms with Crippen molar-refractivity contribution in [1.29, 1.82) is 5.26 Å². The smallest absolute Gasteiger partial charge is 0.286 e. The lowest BCUT2D eigenvalue weighted by Crippen LogP contribution is -1.98. The number of hydrogen-bond acceptors (Lipinski definition) is 4. The van der Waals surface area contributed by atoms with Crippen molar-refractivity contribution >= 4 is 5.57 Å². The molecule has 0 fully saturated rings. The SMILES string of the molecule is C=C1c2cc(CCOC#N)ccc2OCc2ncccc21. The van der Waals surface area contributed by atoms with Crippen molar-refractivity contribution in [2.24, 2.45) is 0 Å². The number of pyridine rings is 1. The van der Waals surface area contributed by atoms with Gasteiger partial charge in [-0.25, -0.2) is 0 Å². The second-order valence-electron chi connectivity index (χ2n) is 4.79. The monoisotopic (exact) mass is 278 g/mol. The lowest BCUT2D eigenvalue weighted by molar-refractivity contribution is 0.274. The highest BCUT2D eigenvalue weighted by atomic mass is 16.5. The molecule has 1 aliphatic rings. The van der Waals surface area contributed by atoms with Gasteiger partial charge in [0.1, 0.15) is 19.0 Å². The fourth-order valence-electron chi connectivity index (χ4n) is 2.43. The molecule has 1 aromatic carbocycles. The summed E-state index contributed by atoms with van der Waals surface area (Å²) in [5.74, 6) is 0.808. The summed E-state index contributed by atoms with van der Waals surface area (Å²) in [5, 5.41) is 8.41. The molecular weight excluding hydrogens is 264 g/mol. The van der Waals surface area contributed by atoms with Crippen molar-refractivity contribution in [3.05, 3.63) is 65.5 Å². The third kappa shape index (κ3) is 2.59. The number of nitriles is 1. The maximum Gasteiger partial charge on any atom is 0.286 e. The number of hydrogen-bond donors (Lipinski definition) is 0. The highest BCUT2D eigenvalue weighted by Gasteiger charge is 2.18. The molecule has 0 spiro atoms. The van der Waals surface area contributed by atoms with Crippen molar-refractivity contribution in [2.45, 2.75) is 13.0 Å². The van der Waals surface area contributed by atoms with Gasteiger partial charge >= 0.3 is 0 Å². The fraction of sp³-hybridized carbons (Fsp3) is 0.176. The summed E-state index contributed by atoms with van der Waals surface area (Å²) in [6.45, 7) is 5.01. The molecular formula is C17H14N2O2. The lowest BCUT2D eigenvalue weighted by atomic mass is 9.96. The highest BCUT2D eigenvalue weighted by molar-refractivity contribution is 5.83. The third-order valence-corrected chi connectivity index (χ3v) is 3.51. The van der Waals surface area contributed by atoms with Crippen LogP contribution >= 0.6 is 0 Å². The average molecular weight is 278 g/mol. The molecule has 2 heterocycles. The molecule has 2 aromatic rings. The zero-order valence-corrected chi connectivity index (χ0v) is 11.5. The largest absolute Gasteiger partial charge is 0.487 e. The number of benzene rings is 1. The van der Waals surface area contributed by atoms with Crippen LogP contribution in [-0.4, -0.2) is 11.6 Å². The minimum absolute atomic E-state index is 0.376. The van der Waals surface area contributed by atoms with Gasteiger partial charge in [0, 0.05) is 23.7 Å². The van der Waals surface area contributed by atoms with Gasteiger partial charge in [0.05, 0.1) is 5.69 Å². The van der Waals surface area contributed by atoms with Crippen LogP contribution in [0.1, 0.15) is 22.4 Å². The average Bonchev–Trinajstić information content (AvgIpc) is 2.66. The van der Waals surface area contributed by atoms with Gasteiger partial charge in [0.25, 0.3) is 6.26 Å². The zero-order chi connectivity index (χ0) is 14.7. The first kappa shape index (κ1) is 13.2. The van der Waals surface area contributed by atoms with E-state index in [0.717, 1.165) is 33.7 Å². The number of ether oxygens (including phenoxy) is 2. The van der Waals surface area contributed by atoms with E-state index in [0.29, 0.717) is 19.6 Å². The van der Waals surface area contributed by atoms with Gasteiger partial charge in [-0.15, -0.1) is 0 Å². The molecule has 0 radical (unpaired) electrons. The number of fused-ring (bicyclic) bond motifs is 2. The van der Waals surface area contributed by atoms with E-state index in [1.807, 2.05) is 30.3 Å². The number of nitrogens with zero attached hydrogens (tertiary/aromatic N) is 2. The van der Waals surface area contributed by atoms with Gasteiger partial charge in [-0.3, -0.25) is 4.98 Å². The molecule has 0 unspecified atom stereocenters. The normalized spacial score (nSPS) is 12.4. The minimum Gasteiger partial charge on any atom is -0.487 e. The molecule has 0 bridgehead atoms. The van der Waals surface area contributed by atoms with Crippen LogP contribution in [0.2, 0.25) is 0 Å². The predicted molar refractivity (Wildman–Crippen MR) is 78.4 cm³/mol. The quantitative estimate of drug-likeness (QED) is 0.639. The Labute approximate surface area is 123 Å². The van der Waals surface area contributed by atoms with Gasteiger partial charge < -0.3 is 9.47 Å². The zero-order valence-electron chi connectivity index (χ0n) is 11.5. The van der Waals surface area contributed by atoms with Crippen molar-refractivity contribution in [1.82, 2.24) is 4.98 Å². The minimum atomic E-state index is 0.376. The van der Waals surface area contributed by atoms with Crippen LogP contribution in [-0.2, 0) is 17.8 Å². The Morgan fingerprint density at radius 3 is 3.10 bits per heavy atom. The van der Waals surface area contributed by atoms with E-state index in [1.165, 1.54) is 0 Å². The maximum absolute atomic E-state index is 8.41. The van der Waals surface area contributed by atoms with Crippen molar-refractivity contribution < 1.29 is 9.47 Å². The van der Waals surface area contributed by atoms with Gasteiger partial charge in [-0.05, 0) is 29.3 Å². The maximum atomic E-state index is 8.41. The van der Waals surface area contributed by atoms with Crippen LogP contribution in [0.25, 0.3) is 5.57 Å². The van der Waals surface area contributed by atoms with Crippen LogP contribution in [0.5, 0.6) is 5.75 Å². The fourth-order valence-corrected chi connectivity index (χ4v) is 2.43. The lowest BCUT2D eigenvalue weighted by Gasteiger charge is -2.10. The van der Waals surface area contributed by atoms with Gasteiger partial charge in [-0.1, -0.05) is 18.7 Å². The van der Waals surface area contributed by atoms with Crippen molar-refractivity contribution in [2.75, 3.05) is 6.61 Å². The summed E-state index contributed by atoms with van der Waals surface area (Å²) in [6, 6.07) is 9.87. The molecule has 0 N–H and O–H groups in total. The van der Waals surface area contributed by atoms with Gasteiger partial charge in [-0.2, -0.15) is 5.26 Å². The second-order valence-corrected chi connectivity index (χ2v) is 4.79. The van der Waals surface area contributed by atoms with Crippen molar-refractivity contribution in [3.63, 3.8) is 0 Å². The summed E-state index contributed by atoms with van der Waals surface area (Å²) in [5.41, 5.74) is 4.88. The summed E-state index contributed by atoms with van der Waals surface area (Å²) in [6.07, 6.45) is 4.12. The molecule has 0 atom stereocenters. The van der Waals surface area contributed by atoms with E-state index < -0.39 is 0 Å².